The number of para-hydroxylation sites is 2. The highest BCUT2D eigenvalue weighted by molar-refractivity contribution is 5.99. The summed E-state index contributed by atoms with van der Waals surface area (Å²) in [6, 6.07) is 18.3. The van der Waals surface area contributed by atoms with E-state index in [-0.39, 0.29) is 0 Å². The topological polar surface area (TPSA) is 53.1 Å². The molecule has 0 fully saturated rings. The minimum Gasteiger partial charge on any atom is -0.361 e. The molecular formula is C19H16N4. The molecule has 0 aliphatic heterocycles. The maximum atomic E-state index is 4.54. The number of aromatic nitrogens is 2. The van der Waals surface area contributed by atoms with Gasteiger partial charge in [0.25, 0.3) is 0 Å². The summed E-state index contributed by atoms with van der Waals surface area (Å²) in [5.41, 5.74) is 8.21. The molecule has 4 aromatic rings. The summed E-state index contributed by atoms with van der Waals surface area (Å²) >= 11 is 0. The number of hydrazone groups is 1. The lowest BCUT2D eigenvalue weighted by Crippen LogP contribution is -1.94. The third-order valence-electron chi connectivity index (χ3n) is 3.85. The molecule has 0 bridgehead atoms. The molecule has 112 valence electrons. The van der Waals surface area contributed by atoms with Crippen molar-refractivity contribution in [2.45, 2.75) is 6.92 Å². The summed E-state index contributed by atoms with van der Waals surface area (Å²) < 4.78 is 0. The van der Waals surface area contributed by atoms with Crippen molar-refractivity contribution in [2.24, 2.45) is 5.10 Å². The number of nitrogens with zero attached hydrogens (tertiary/aromatic N) is 2. The van der Waals surface area contributed by atoms with Crippen LogP contribution in [0.15, 0.2) is 65.9 Å². The highest BCUT2D eigenvalue weighted by Gasteiger charge is 2.03. The van der Waals surface area contributed by atoms with Crippen LogP contribution < -0.4 is 5.43 Å². The summed E-state index contributed by atoms with van der Waals surface area (Å²) in [5, 5.41) is 6.63. The Balaban J connectivity index is 1.66. The second kappa shape index (κ2) is 5.57. The molecule has 23 heavy (non-hydrogen) atoms. The minimum absolute atomic E-state index is 0.962. The molecule has 4 heteroatoms. The van der Waals surface area contributed by atoms with Gasteiger partial charge in [0.1, 0.15) is 0 Å². The van der Waals surface area contributed by atoms with Gasteiger partial charge in [-0.2, -0.15) is 5.10 Å². The molecule has 2 aromatic carbocycles. The standard InChI is InChI=1S/C19H16N4/c1-13-10-19(16-7-3-5-9-18(16)22-13)23-21-12-14-11-20-17-8-4-2-6-15(14)17/h2-12,20H,1H3,(H,22,23)/b21-12-. The SMILES string of the molecule is Cc1cc(N/N=C\c2c[nH]c3ccccc23)c2ccccc2n1. The van der Waals surface area contributed by atoms with Crippen molar-refractivity contribution >= 4 is 33.7 Å². The first-order valence-corrected chi connectivity index (χ1v) is 7.53. The number of anilines is 1. The van der Waals surface area contributed by atoms with Gasteiger partial charge in [0.15, 0.2) is 0 Å². The zero-order valence-electron chi connectivity index (χ0n) is 12.7. The molecule has 2 heterocycles. The third kappa shape index (κ3) is 2.55. The molecule has 0 saturated heterocycles. The molecule has 4 nitrogen and oxygen atoms in total. The summed E-state index contributed by atoms with van der Waals surface area (Å²) in [6.45, 7) is 1.99. The second-order valence-electron chi connectivity index (χ2n) is 5.49. The third-order valence-corrected chi connectivity index (χ3v) is 3.85. The zero-order chi connectivity index (χ0) is 15.6. The van der Waals surface area contributed by atoms with Crippen LogP contribution in [0.25, 0.3) is 21.8 Å². The van der Waals surface area contributed by atoms with Gasteiger partial charge in [0, 0.05) is 33.7 Å². The van der Waals surface area contributed by atoms with Gasteiger partial charge in [-0.1, -0.05) is 36.4 Å². The number of aryl methyl sites for hydroxylation is 1. The van der Waals surface area contributed by atoms with Crippen molar-refractivity contribution in [2.75, 3.05) is 5.43 Å². The monoisotopic (exact) mass is 300 g/mol. The quantitative estimate of drug-likeness (QED) is 0.433. The van der Waals surface area contributed by atoms with E-state index in [9.17, 15) is 0 Å². The normalized spacial score (nSPS) is 11.5. The molecule has 0 aliphatic carbocycles. The van der Waals surface area contributed by atoms with Crippen molar-refractivity contribution in [1.82, 2.24) is 9.97 Å². The fourth-order valence-corrected chi connectivity index (χ4v) is 2.77. The van der Waals surface area contributed by atoms with E-state index in [1.165, 1.54) is 0 Å². The lowest BCUT2D eigenvalue weighted by molar-refractivity contribution is 1.24. The van der Waals surface area contributed by atoms with Crippen LogP contribution in [0.3, 0.4) is 0 Å². The van der Waals surface area contributed by atoms with Crippen LogP contribution in [0.1, 0.15) is 11.3 Å². The average Bonchev–Trinajstić information content (AvgIpc) is 2.98. The molecule has 0 radical (unpaired) electrons. The van der Waals surface area contributed by atoms with Gasteiger partial charge < -0.3 is 4.98 Å². The summed E-state index contributed by atoms with van der Waals surface area (Å²) in [4.78, 5) is 7.78. The highest BCUT2D eigenvalue weighted by Crippen LogP contribution is 2.23. The van der Waals surface area contributed by atoms with Crippen LogP contribution in [0, 0.1) is 6.92 Å². The minimum atomic E-state index is 0.962. The molecule has 0 aliphatic rings. The van der Waals surface area contributed by atoms with Crippen LogP contribution in [-0.4, -0.2) is 16.2 Å². The number of hydrogen-bond donors (Lipinski definition) is 2. The van der Waals surface area contributed by atoms with Crippen molar-refractivity contribution in [3.05, 3.63) is 72.1 Å². The number of fused-ring (bicyclic) bond motifs is 2. The number of hydrogen-bond acceptors (Lipinski definition) is 3. The fourth-order valence-electron chi connectivity index (χ4n) is 2.77. The Morgan fingerprint density at radius 2 is 1.83 bits per heavy atom. The first kappa shape index (κ1) is 13.5. The van der Waals surface area contributed by atoms with Gasteiger partial charge in [-0.05, 0) is 25.1 Å². The van der Waals surface area contributed by atoms with Gasteiger partial charge in [0.05, 0.1) is 17.4 Å². The maximum Gasteiger partial charge on any atom is 0.0726 e. The number of aromatic amines is 1. The Morgan fingerprint density at radius 1 is 1.04 bits per heavy atom. The Kier molecular flexibility index (Phi) is 3.27. The number of H-pyrrole nitrogens is 1. The number of benzene rings is 2. The largest absolute Gasteiger partial charge is 0.361 e. The van der Waals surface area contributed by atoms with Crippen LogP contribution in [0.5, 0.6) is 0 Å². The molecule has 4 rings (SSSR count). The van der Waals surface area contributed by atoms with Gasteiger partial charge in [-0.3, -0.25) is 10.4 Å². The van der Waals surface area contributed by atoms with E-state index < -0.39 is 0 Å². The van der Waals surface area contributed by atoms with Gasteiger partial charge in [-0.25, -0.2) is 0 Å². The molecule has 2 aromatic heterocycles. The van der Waals surface area contributed by atoms with E-state index in [1.807, 2.05) is 61.8 Å². The molecule has 0 spiro atoms. The summed E-state index contributed by atoms with van der Waals surface area (Å²) in [7, 11) is 0. The van der Waals surface area contributed by atoms with Gasteiger partial charge in [-0.15, -0.1) is 0 Å². The maximum absolute atomic E-state index is 4.54. The molecule has 0 unspecified atom stereocenters. The highest BCUT2D eigenvalue weighted by atomic mass is 15.3. The Bertz CT molecular complexity index is 1010. The van der Waals surface area contributed by atoms with Gasteiger partial charge in [0.2, 0.25) is 0 Å². The van der Waals surface area contributed by atoms with Crippen molar-refractivity contribution in [1.29, 1.82) is 0 Å². The molecule has 0 atom stereocenters. The molecular weight excluding hydrogens is 284 g/mol. The second-order valence-corrected chi connectivity index (χ2v) is 5.49. The summed E-state index contributed by atoms with van der Waals surface area (Å²) in [6.07, 6.45) is 3.80. The Morgan fingerprint density at radius 3 is 2.74 bits per heavy atom. The van der Waals surface area contributed by atoms with E-state index in [1.54, 1.807) is 0 Å². The van der Waals surface area contributed by atoms with Crippen molar-refractivity contribution in [3.8, 4) is 0 Å². The number of rotatable bonds is 3. The molecule has 0 amide bonds. The lowest BCUT2D eigenvalue weighted by Gasteiger charge is -2.06. The van der Waals surface area contributed by atoms with E-state index >= 15 is 0 Å². The first-order valence-electron chi connectivity index (χ1n) is 7.53. The predicted octanol–water partition coefficient (Wildman–Crippen LogP) is 4.47. The van der Waals surface area contributed by atoms with Crippen molar-refractivity contribution in [3.63, 3.8) is 0 Å². The lowest BCUT2D eigenvalue weighted by atomic mass is 10.1. The summed E-state index contributed by atoms with van der Waals surface area (Å²) in [5.74, 6) is 0. The van der Waals surface area contributed by atoms with Crippen molar-refractivity contribution < 1.29 is 0 Å². The first-order chi connectivity index (χ1) is 11.3. The smallest absolute Gasteiger partial charge is 0.0726 e. The Labute approximate surface area is 133 Å². The van der Waals surface area contributed by atoms with E-state index in [0.717, 1.165) is 38.8 Å². The van der Waals surface area contributed by atoms with Crippen LogP contribution >= 0.6 is 0 Å². The van der Waals surface area contributed by atoms with Crippen LogP contribution in [-0.2, 0) is 0 Å². The van der Waals surface area contributed by atoms with Crippen LogP contribution in [0.4, 0.5) is 5.69 Å². The van der Waals surface area contributed by atoms with E-state index in [2.05, 4.69) is 32.6 Å². The predicted molar refractivity (Wildman–Crippen MR) is 96.0 cm³/mol. The Hall–Kier alpha value is -3.14. The van der Waals surface area contributed by atoms with Crippen LogP contribution in [0.2, 0.25) is 0 Å². The van der Waals surface area contributed by atoms with E-state index in [4.69, 9.17) is 0 Å². The fraction of sp³-hybridized carbons (Fsp3) is 0.0526. The number of nitrogens with one attached hydrogen (secondary N) is 2. The molecule has 0 saturated carbocycles. The van der Waals surface area contributed by atoms with Gasteiger partial charge >= 0.3 is 0 Å². The zero-order valence-corrected chi connectivity index (χ0v) is 12.7. The van der Waals surface area contributed by atoms with E-state index in [0.29, 0.717) is 0 Å². The number of pyridine rings is 1. The average molecular weight is 300 g/mol. The molecule has 2 N–H and O–H groups in total.